The van der Waals surface area contributed by atoms with Gasteiger partial charge in [0.05, 0.1) is 42.7 Å². The van der Waals surface area contributed by atoms with Crippen LogP contribution in [0.1, 0.15) is 11.3 Å². The fourth-order valence-corrected chi connectivity index (χ4v) is 4.79. The number of carbonyl (C=O) groups excluding carboxylic acids is 2. The third-order valence-electron chi connectivity index (χ3n) is 5.90. The molecule has 208 valence electrons. The number of hydrogen-bond donors (Lipinski definition) is 1. The predicted molar refractivity (Wildman–Crippen MR) is 157 cm³/mol. The molecule has 1 N–H and O–H groups in total. The van der Waals surface area contributed by atoms with Crippen molar-refractivity contribution in [3.8, 4) is 5.75 Å². The first-order valence-corrected chi connectivity index (χ1v) is 12.9. The Labute approximate surface area is 251 Å². The van der Waals surface area contributed by atoms with E-state index < -0.39 is 0 Å². The Hall–Kier alpha value is -1.79. The van der Waals surface area contributed by atoms with Crippen molar-refractivity contribution in [1.82, 2.24) is 19.6 Å². The van der Waals surface area contributed by atoms with Gasteiger partial charge < -0.3 is 19.7 Å². The number of ether oxygens (including phenoxy) is 2. The summed E-state index contributed by atoms with van der Waals surface area (Å²) in [5, 5.41) is 3.39. The van der Waals surface area contributed by atoms with E-state index in [1.807, 2.05) is 34.6 Å². The van der Waals surface area contributed by atoms with Gasteiger partial charge in [-0.15, -0.1) is 24.8 Å². The highest BCUT2D eigenvalue weighted by atomic mass is 79.9. The topological polar surface area (TPSA) is 88.4 Å². The lowest BCUT2D eigenvalue weighted by atomic mass is 10.2. The van der Waals surface area contributed by atoms with Crippen molar-refractivity contribution in [2.24, 2.45) is 0 Å². The zero-order valence-corrected chi connectivity index (χ0v) is 25.4. The second-order valence-electron chi connectivity index (χ2n) is 8.32. The highest BCUT2D eigenvalue weighted by molar-refractivity contribution is 9.10. The van der Waals surface area contributed by atoms with Gasteiger partial charge in [0.25, 0.3) is 0 Å². The summed E-state index contributed by atoms with van der Waals surface area (Å²) in [5.74, 6) is 0.0325. The third kappa shape index (κ3) is 7.44. The number of fused-ring (bicyclic) bond motifs is 1. The number of likely N-dealkylation sites (N-methyl/N-ethyl adjacent to an activating group) is 1. The summed E-state index contributed by atoms with van der Waals surface area (Å²) in [4.78, 5) is 32.9. The molecule has 3 heterocycles. The van der Waals surface area contributed by atoms with Gasteiger partial charge in [-0.25, -0.2) is 4.98 Å². The van der Waals surface area contributed by atoms with E-state index in [0.717, 1.165) is 10.3 Å². The number of aryl methyl sites for hydroxylation is 1. The maximum absolute atomic E-state index is 12.8. The Morgan fingerprint density at radius 2 is 1.92 bits per heavy atom. The lowest BCUT2D eigenvalue weighted by Crippen LogP contribution is -2.45. The number of carbonyl (C=O) groups is 2. The van der Waals surface area contributed by atoms with Gasteiger partial charge in [-0.3, -0.25) is 18.9 Å². The fraction of sp³-hybridized carbons (Fsp3) is 0.375. The quantitative estimate of drug-likeness (QED) is 0.378. The summed E-state index contributed by atoms with van der Waals surface area (Å²) in [6, 6.07) is 7.00. The average molecular weight is 672 g/mol. The molecule has 0 spiro atoms. The molecule has 1 aliphatic heterocycles. The van der Waals surface area contributed by atoms with Gasteiger partial charge in [-0.2, -0.15) is 0 Å². The Morgan fingerprint density at radius 1 is 1.21 bits per heavy atom. The van der Waals surface area contributed by atoms with Crippen LogP contribution in [-0.4, -0.2) is 72.5 Å². The van der Waals surface area contributed by atoms with E-state index in [2.05, 4.69) is 26.2 Å². The number of halogens is 5. The molecule has 0 aliphatic carbocycles. The van der Waals surface area contributed by atoms with Crippen molar-refractivity contribution < 1.29 is 19.1 Å². The Bertz CT molecular complexity index is 1290. The highest BCUT2D eigenvalue weighted by Gasteiger charge is 2.21. The summed E-state index contributed by atoms with van der Waals surface area (Å²) in [7, 11) is 1.60. The van der Waals surface area contributed by atoms with Crippen LogP contribution in [-0.2, 0) is 20.9 Å². The smallest absolute Gasteiger partial charge is 0.246 e. The highest BCUT2D eigenvalue weighted by Crippen LogP contribution is 2.35. The summed E-state index contributed by atoms with van der Waals surface area (Å²) in [6.07, 6.45) is 1.88. The van der Waals surface area contributed by atoms with Crippen molar-refractivity contribution in [1.29, 1.82) is 0 Å². The monoisotopic (exact) mass is 669 g/mol. The van der Waals surface area contributed by atoms with E-state index in [4.69, 9.17) is 32.7 Å². The number of benzene rings is 1. The average Bonchev–Trinajstić information content (AvgIpc) is 3.16. The number of anilines is 1. The molecule has 0 saturated carbocycles. The SMILES string of the molecule is Cc1nc2c(OCc3c(Cl)ccc(N(C)C(=O)CNC(=O)CN4CCOCC4)c3Cl)cccn2c1Br.Cl.Cl. The summed E-state index contributed by atoms with van der Waals surface area (Å²) in [5.41, 5.74) is 2.49. The van der Waals surface area contributed by atoms with Crippen molar-refractivity contribution in [2.45, 2.75) is 13.5 Å². The molecule has 2 amide bonds. The number of imidazole rings is 1. The van der Waals surface area contributed by atoms with Crippen LogP contribution in [0, 0.1) is 6.92 Å². The molecule has 14 heteroatoms. The van der Waals surface area contributed by atoms with E-state index >= 15 is 0 Å². The zero-order valence-electron chi connectivity index (χ0n) is 20.7. The predicted octanol–water partition coefficient (Wildman–Crippen LogP) is 4.55. The third-order valence-corrected chi connectivity index (χ3v) is 7.63. The summed E-state index contributed by atoms with van der Waals surface area (Å²) < 4.78 is 14.0. The molecular weight excluding hydrogens is 644 g/mol. The van der Waals surface area contributed by atoms with Crippen LogP contribution in [0.4, 0.5) is 5.69 Å². The van der Waals surface area contributed by atoms with E-state index in [1.54, 1.807) is 19.2 Å². The van der Waals surface area contributed by atoms with Gasteiger partial charge >= 0.3 is 0 Å². The van der Waals surface area contributed by atoms with Crippen LogP contribution >= 0.6 is 63.9 Å². The van der Waals surface area contributed by atoms with Crippen molar-refractivity contribution >= 4 is 87.1 Å². The zero-order chi connectivity index (χ0) is 25.8. The number of nitrogens with zero attached hydrogens (tertiary/aromatic N) is 4. The number of rotatable bonds is 8. The number of aromatic nitrogens is 2. The van der Waals surface area contributed by atoms with Gasteiger partial charge in [-0.05, 0) is 47.1 Å². The maximum atomic E-state index is 12.8. The first-order valence-electron chi connectivity index (χ1n) is 11.3. The molecule has 1 aliphatic rings. The van der Waals surface area contributed by atoms with E-state index in [9.17, 15) is 9.59 Å². The molecule has 0 bridgehead atoms. The first kappa shape index (κ1) is 32.4. The van der Waals surface area contributed by atoms with Crippen LogP contribution in [0.5, 0.6) is 5.75 Å². The normalized spacial score (nSPS) is 13.4. The van der Waals surface area contributed by atoms with Crippen LogP contribution in [0.25, 0.3) is 5.65 Å². The molecule has 0 unspecified atom stereocenters. The lowest BCUT2D eigenvalue weighted by Gasteiger charge is -2.26. The maximum Gasteiger partial charge on any atom is 0.246 e. The first-order chi connectivity index (χ1) is 17.3. The number of pyridine rings is 1. The van der Waals surface area contributed by atoms with Gasteiger partial charge in [0, 0.05) is 36.9 Å². The molecule has 2 aromatic heterocycles. The standard InChI is InChI=1S/C24H26BrCl2N5O4.2ClH/c1-15-23(25)32-7-3-4-19(24(32)29-15)36-14-16-17(26)5-6-18(22(16)27)30(2)21(34)12-28-20(33)13-31-8-10-35-11-9-31;;/h3-7H,8-14H2,1-2H3,(H,28,33);2*1H. The van der Waals surface area contributed by atoms with Crippen LogP contribution in [0.2, 0.25) is 10.0 Å². The Morgan fingerprint density at radius 3 is 2.63 bits per heavy atom. The van der Waals surface area contributed by atoms with Crippen LogP contribution < -0.4 is 15.0 Å². The molecule has 0 atom stereocenters. The molecule has 38 heavy (non-hydrogen) atoms. The van der Waals surface area contributed by atoms with E-state index in [0.29, 0.717) is 59.0 Å². The van der Waals surface area contributed by atoms with Gasteiger partial charge in [0.1, 0.15) is 11.2 Å². The number of morpholine rings is 1. The molecule has 1 aromatic carbocycles. The molecule has 4 rings (SSSR count). The van der Waals surface area contributed by atoms with E-state index in [-0.39, 0.29) is 56.3 Å². The van der Waals surface area contributed by atoms with Crippen LogP contribution in [0.15, 0.2) is 35.1 Å². The summed E-state index contributed by atoms with van der Waals surface area (Å²) >= 11 is 16.6. The molecule has 9 nitrogen and oxygen atoms in total. The molecule has 1 fully saturated rings. The van der Waals surface area contributed by atoms with Crippen molar-refractivity contribution in [2.75, 3.05) is 51.3 Å². The Balaban J connectivity index is 0.00000253. The van der Waals surface area contributed by atoms with Crippen molar-refractivity contribution in [3.63, 3.8) is 0 Å². The van der Waals surface area contributed by atoms with Crippen molar-refractivity contribution in [3.05, 3.63) is 56.4 Å². The van der Waals surface area contributed by atoms with Gasteiger partial charge in [-0.1, -0.05) is 23.2 Å². The molecule has 1 saturated heterocycles. The van der Waals surface area contributed by atoms with E-state index in [1.165, 1.54) is 4.90 Å². The molecular formula is C24H28BrCl4N5O4. The second-order valence-corrected chi connectivity index (χ2v) is 9.86. The Kier molecular flexibility index (Phi) is 12.4. The molecule has 3 aromatic rings. The number of amides is 2. The van der Waals surface area contributed by atoms with Gasteiger partial charge in [0.2, 0.25) is 11.8 Å². The minimum absolute atomic E-state index is 0. The second kappa shape index (κ2) is 14.6. The van der Waals surface area contributed by atoms with Crippen LogP contribution in [0.3, 0.4) is 0 Å². The van der Waals surface area contributed by atoms with Gasteiger partial charge in [0.15, 0.2) is 11.4 Å². The fourth-order valence-electron chi connectivity index (χ4n) is 3.81. The minimum Gasteiger partial charge on any atom is -0.485 e. The largest absolute Gasteiger partial charge is 0.485 e. The molecule has 0 radical (unpaired) electrons. The summed E-state index contributed by atoms with van der Waals surface area (Å²) in [6.45, 7) is 4.64. The lowest BCUT2D eigenvalue weighted by molar-refractivity contribution is -0.126. The number of nitrogens with one attached hydrogen (secondary N) is 1. The minimum atomic E-state index is -0.316. The number of hydrogen-bond acceptors (Lipinski definition) is 6.